The molecule has 17 heavy (non-hydrogen) atoms. The van der Waals surface area contributed by atoms with Crippen LogP contribution in [0.4, 0.5) is 5.69 Å². The molecule has 0 aliphatic heterocycles. The molecule has 0 aliphatic carbocycles. The highest BCUT2D eigenvalue weighted by Crippen LogP contribution is 2.13. The van der Waals surface area contributed by atoms with Gasteiger partial charge in [-0.1, -0.05) is 12.1 Å². The van der Waals surface area contributed by atoms with E-state index in [0.717, 1.165) is 11.3 Å². The van der Waals surface area contributed by atoms with Gasteiger partial charge in [-0.05, 0) is 17.7 Å². The third kappa shape index (κ3) is 3.22. The molecule has 0 spiro atoms. The number of phenols is 1. The lowest BCUT2D eigenvalue weighted by atomic mass is 10.2. The third-order valence-corrected chi connectivity index (χ3v) is 2.37. The first-order chi connectivity index (χ1) is 8.28. The molecule has 1 aromatic carbocycles. The van der Waals surface area contributed by atoms with Crippen LogP contribution in [0.2, 0.25) is 0 Å². The molecule has 0 fully saturated rings. The Balaban J connectivity index is 1.93. The smallest absolute Gasteiger partial charge is 0.115 e. The van der Waals surface area contributed by atoms with Gasteiger partial charge in [-0.15, -0.1) is 0 Å². The molecule has 2 aromatic rings. The molecule has 0 unspecified atom stereocenters. The van der Waals surface area contributed by atoms with Crippen LogP contribution in [0.25, 0.3) is 0 Å². The molecule has 90 valence electrons. The number of nitrogens with zero attached hydrogens (tertiary/aromatic N) is 2. The molecule has 1 heterocycles. The first-order valence-corrected chi connectivity index (χ1v) is 5.43. The summed E-state index contributed by atoms with van der Waals surface area (Å²) >= 11 is 0. The molecule has 5 nitrogen and oxygen atoms in total. The summed E-state index contributed by atoms with van der Waals surface area (Å²) in [6.07, 6.45) is 3.54. The van der Waals surface area contributed by atoms with Crippen LogP contribution in [0.1, 0.15) is 5.56 Å². The summed E-state index contributed by atoms with van der Waals surface area (Å²) in [5.41, 5.74) is 1.89. The first kappa shape index (κ1) is 11.5. The largest absolute Gasteiger partial charge is 0.508 e. The van der Waals surface area contributed by atoms with E-state index >= 15 is 0 Å². The van der Waals surface area contributed by atoms with Crippen molar-refractivity contribution < 1.29 is 10.2 Å². The number of nitrogens with one attached hydrogen (secondary N) is 1. The maximum absolute atomic E-state index is 9.31. The van der Waals surface area contributed by atoms with Crippen molar-refractivity contribution in [3.63, 3.8) is 0 Å². The average Bonchev–Trinajstić information content (AvgIpc) is 2.75. The van der Waals surface area contributed by atoms with E-state index in [-0.39, 0.29) is 12.4 Å². The molecule has 0 amide bonds. The summed E-state index contributed by atoms with van der Waals surface area (Å²) in [6, 6.07) is 7.10. The second-order valence-corrected chi connectivity index (χ2v) is 3.74. The van der Waals surface area contributed by atoms with E-state index in [1.54, 1.807) is 23.0 Å². The maximum Gasteiger partial charge on any atom is 0.115 e. The molecule has 2 rings (SSSR count). The van der Waals surface area contributed by atoms with Crippen LogP contribution < -0.4 is 5.32 Å². The Morgan fingerprint density at radius 3 is 3.00 bits per heavy atom. The second kappa shape index (κ2) is 5.36. The average molecular weight is 233 g/mol. The minimum absolute atomic E-state index is 0.0771. The van der Waals surface area contributed by atoms with Crippen LogP contribution in [0.3, 0.4) is 0 Å². The predicted molar refractivity (Wildman–Crippen MR) is 64.7 cm³/mol. The quantitative estimate of drug-likeness (QED) is 0.725. The van der Waals surface area contributed by atoms with Crippen molar-refractivity contribution in [3.8, 4) is 5.75 Å². The molecule has 0 bridgehead atoms. The van der Waals surface area contributed by atoms with E-state index in [1.807, 2.05) is 18.3 Å². The first-order valence-electron chi connectivity index (χ1n) is 5.43. The number of hydrogen-bond acceptors (Lipinski definition) is 4. The van der Waals surface area contributed by atoms with Crippen LogP contribution in [0.5, 0.6) is 5.75 Å². The SMILES string of the molecule is OCCn1cc(NCc2cccc(O)c2)cn1. The van der Waals surface area contributed by atoms with Crippen LogP contribution >= 0.6 is 0 Å². The molecule has 0 atom stereocenters. The van der Waals surface area contributed by atoms with E-state index < -0.39 is 0 Å². The molecule has 0 radical (unpaired) electrons. The zero-order valence-corrected chi connectivity index (χ0v) is 9.37. The number of benzene rings is 1. The van der Waals surface area contributed by atoms with Gasteiger partial charge in [-0.25, -0.2) is 0 Å². The van der Waals surface area contributed by atoms with E-state index in [9.17, 15) is 5.11 Å². The van der Waals surface area contributed by atoms with E-state index in [0.29, 0.717) is 13.1 Å². The molecule has 0 aliphatic rings. The zero-order valence-electron chi connectivity index (χ0n) is 9.37. The van der Waals surface area contributed by atoms with Gasteiger partial charge in [-0.3, -0.25) is 4.68 Å². The summed E-state index contributed by atoms with van der Waals surface area (Å²) in [6.45, 7) is 1.20. The molecule has 3 N–H and O–H groups in total. The van der Waals surface area contributed by atoms with Gasteiger partial charge in [0.25, 0.3) is 0 Å². The van der Waals surface area contributed by atoms with Crippen LogP contribution in [0, 0.1) is 0 Å². The lowest BCUT2D eigenvalue weighted by Gasteiger charge is -2.03. The lowest BCUT2D eigenvalue weighted by Crippen LogP contribution is -2.02. The summed E-state index contributed by atoms with van der Waals surface area (Å²) in [7, 11) is 0. The number of aromatic nitrogens is 2. The highest BCUT2D eigenvalue weighted by Gasteiger charge is 1.98. The fraction of sp³-hybridized carbons (Fsp3) is 0.250. The standard InChI is InChI=1S/C12H15N3O2/c16-5-4-15-9-11(8-14-15)13-7-10-2-1-3-12(17)6-10/h1-3,6,8-9,13,16-17H,4-5,7H2. The summed E-state index contributed by atoms with van der Waals surface area (Å²) in [4.78, 5) is 0. The molecule has 0 saturated heterocycles. The predicted octanol–water partition coefficient (Wildman–Crippen LogP) is 1.19. The second-order valence-electron chi connectivity index (χ2n) is 3.74. The third-order valence-electron chi connectivity index (χ3n) is 2.37. The van der Waals surface area contributed by atoms with Gasteiger partial charge in [0.15, 0.2) is 0 Å². The van der Waals surface area contributed by atoms with Crippen molar-refractivity contribution in [2.75, 3.05) is 11.9 Å². The fourth-order valence-electron chi connectivity index (χ4n) is 1.55. The topological polar surface area (TPSA) is 70.3 Å². The van der Waals surface area contributed by atoms with Gasteiger partial charge < -0.3 is 15.5 Å². The summed E-state index contributed by atoms with van der Waals surface area (Å²) < 4.78 is 1.67. The molecular weight excluding hydrogens is 218 g/mol. The molecular formula is C12H15N3O2. The Morgan fingerprint density at radius 2 is 2.24 bits per heavy atom. The monoisotopic (exact) mass is 233 g/mol. The number of anilines is 1. The van der Waals surface area contributed by atoms with Crippen LogP contribution in [-0.4, -0.2) is 26.6 Å². The number of hydrogen-bond donors (Lipinski definition) is 3. The highest BCUT2D eigenvalue weighted by molar-refractivity contribution is 5.40. The summed E-state index contributed by atoms with van der Waals surface area (Å²) in [5.74, 6) is 0.264. The highest BCUT2D eigenvalue weighted by atomic mass is 16.3. The minimum atomic E-state index is 0.0771. The molecule has 5 heteroatoms. The van der Waals surface area contributed by atoms with Gasteiger partial charge in [0.1, 0.15) is 5.75 Å². The van der Waals surface area contributed by atoms with Crippen molar-refractivity contribution in [1.29, 1.82) is 0 Å². The molecule has 1 aromatic heterocycles. The molecule has 0 saturated carbocycles. The van der Waals surface area contributed by atoms with E-state index in [2.05, 4.69) is 10.4 Å². The number of aliphatic hydroxyl groups excluding tert-OH is 1. The Kier molecular flexibility index (Phi) is 3.62. The number of aromatic hydroxyl groups is 1. The van der Waals surface area contributed by atoms with Crippen molar-refractivity contribution in [3.05, 3.63) is 42.2 Å². The zero-order chi connectivity index (χ0) is 12.1. The Bertz CT molecular complexity index is 482. The van der Waals surface area contributed by atoms with Crippen molar-refractivity contribution in [1.82, 2.24) is 9.78 Å². The maximum atomic E-state index is 9.31. The Labute approximate surface area is 99.3 Å². The minimum Gasteiger partial charge on any atom is -0.508 e. The Morgan fingerprint density at radius 1 is 1.35 bits per heavy atom. The van der Waals surface area contributed by atoms with Crippen molar-refractivity contribution in [2.24, 2.45) is 0 Å². The normalized spacial score (nSPS) is 10.4. The van der Waals surface area contributed by atoms with Gasteiger partial charge in [0, 0.05) is 12.7 Å². The van der Waals surface area contributed by atoms with E-state index in [1.165, 1.54) is 0 Å². The number of phenolic OH excluding ortho intramolecular Hbond substituents is 1. The van der Waals surface area contributed by atoms with Crippen molar-refractivity contribution in [2.45, 2.75) is 13.1 Å². The van der Waals surface area contributed by atoms with Gasteiger partial charge >= 0.3 is 0 Å². The Hall–Kier alpha value is -2.01. The van der Waals surface area contributed by atoms with Crippen molar-refractivity contribution >= 4 is 5.69 Å². The van der Waals surface area contributed by atoms with Crippen LogP contribution in [-0.2, 0) is 13.1 Å². The van der Waals surface area contributed by atoms with Gasteiger partial charge in [0.2, 0.25) is 0 Å². The number of aliphatic hydroxyl groups is 1. The van der Waals surface area contributed by atoms with Gasteiger partial charge in [0.05, 0.1) is 25.0 Å². The lowest BCUT2D eigenvalue weighted by molar-refractivity contribution is 0.269. The van der Waals surface area contributed by atoms with Gasteiger partial charge in [-0.2, -0.15) is 5.10 Å². The summed E-state index contributed by atoms with van der Waals surface area (Å²) in [5, 5.41) is 25.3. The van der Waals surface area contributed by atoms with Crippen LogP contribution in [0.15, 0.2) is 36.7 Å². The number of rotatable bonds is 5. The fourth-order valence-corrected chi connectivity index (χ4v) is 1.55. The van der Waals surface area contributed by atoms with E-state index in [4.69, 9.17) is 5.11 Å².